The van der Waals surface area contributed by atoms with E-state index in [1.807, 2.05) is 79.7 Å². The fourth-order valence-corrected chi connectivity index (χ4v) is 3.90. The van der Waals surface area contributed by atoms with Crippen molar-refractivity contribution in [3.05, 3.63) is 83.8 Å². The lowest BCUT2D eigenvalue weighted by Gasteiger charge is -2.18. The first-order valence-electron chi connectivity index (χ1n) is 11.2. The fraction of sp³-hybridized carbons (Fsp3) is 0.222. The van der Waals surface area contributed by atoms with Gasteiger partial charge in [-0.1, -0.05) is 32.0 Å². The normalized spacial score (nSPS) is 12.4. The van der Waals surface area contributed by atoms with Crippen LogP contribution in [-0.2, 0) is 0 Å². The van der Waals surface area contributed by atoms with Crippen LogP contribution in [0.15, 0.2) is 66.9 Å². The molecule has 2 aromatic carbocycles. The van der Waals surface area contributed by atoms with Crippen molar-refractivity contribution in [1.82, 2.24) is 20.5 Å². The minimum Gasteiger partial charge on any atom is -0.355 e. The van der Waals surface area contributed by atoms with E-state index >= 15 is 0 Å². The topological polar surface area (TPSA) is 82.7 Å². The highest BCUT2D eigenvalue weighted by molar-refractivity contribution is 6.01. The first-order chi connectivity index (χ1) is 16.0. The maximum Gasteiger partial charge on any atom is 0.253 e. The van der Waals surface area contributed by atoms with Crippen LogP contribution in [0.3, 0.4) is 0 Å². The van der Waals surface area contributed by atoms with Gasteiger partial charge in [0, 0.05) is 23.3 Å². The van der Waals surface area contributed by atoms with Crippen molar-refractivity contribution in [3.8, 4) is 0 Å². The van der Waals surface area contributed by atoms with Crippen LogP contribution in [0.4, 0.5) is 11.4 Å². The van der Waals surface area contributed by atoms with Crippen molar-refractivity contribution in [2.24, 2.45) is 5.92 Å². The number of aromatic amines is 1. The molecule has 0 aliphatic rings. The Morgan fingerprint density at radius 1 is 1.03 bits per heavy atom. The van der Waals surface area contributed by atoms with Crippen molar-refractivity contribution >= 4 is 40.3 Å². The van der Waals surface area contributed by atoms with Gasteiger partial charge in [0.15, 0.2) is 0 Å². The number of rotatable bonds is 8. The van der Waals surface area contributed by atoms with E-state index in [1.165, 1.54) is 0 Å². The first kappa shape index (κ1) is 22.3. The molecule has 1 unspecified atom stereocenters. The van der Waals surface area contributed by atoms with Crippen LogP contribution in [0.1, 0.15) is 48.9 Å². The molecule has 33 heavy (non-hydrogen) atoms. The van der Waals surface area contributed by atoms with E-state index in [0.29, 0.717) is 11.5 Å². The number of nitrogens with zero attached hydrogens (tertiary/aromatic N) is 2. The zero-order valence-corrected chi connectivity index (χ0v) is 19.2. The number of carbonyl (C=O) groups excluding carboxylic acids is 1. The van der Waals surface area contributed by atoms with Gasteiger partial charge in [-0.2, -0.15) is 5.10 Å². The van der Waals surface area contributed by atoms with Crippen molar-refractivity contribution in [2.45, 2.75) is 33.2 Å². The molecule has 0 bridgehead atoms. The summed E-state index contributed by atoms with van der Waals surface area (Å²) < 4.78 is 0. The number of carbonyl (C=O) groups is 1. The Morgan fingerprint density at radius 3 is 2.64 bits per heavy atom. The Labute approximate surface area is 194 Å². The molecular formula is C27H29N5O. The second-order valence-corrected chi connectivity index (χ2v) is 8.63. The molecule has 6 heteroatoms. The molecule has 2 heterocycles. The molecule has 4 aromatic rings. The Kier molecular flexibility index (Phi) is 6.83. The minimum atomic E-state index is -0.0733. The van der Waals surface area contributed by atoms with Crippen molar-refractivity contribution < 1.29 is 4.79 Å². The predicted molar refractivity (Wildman–Crippen MR) is 135 cm³/mol. The summed E-state index contributed by atoms with van der Waals surface area (Å²) in [5.74, 6) is 0.453. The van der Waals surface area contributed by atoms with Crippen LogP contribution in [0.5, 0.6) is 0 Å². The van der Waals surface area contributed by atoms with Gasteiger partial charge in [0.2, 0.25) is 0 Å². The molecule has 0 aliphatic carbocycles. The molecule has 0 saturated heterocycles. The molecule has 1 atom stereocenters. The van der Waals surface area contributed by atoms with Gasteiger partial charge in [-0.15, -0.1) is 0 Å². The summed E-state index contributed by atoms with van der Waals surface area (Å²) in [6, 6.07) is 19.5. The van der Waals surface area contributed by atoms with Crippen LogP contribution in [0, 0.1) is 5.92 Å². The van der Waals surface area contributed by atoms with Gasteiger partial charge in [0.05, 0.1) is 28.2 Å². The van der Waals surface area contributed by atoms with Gasteiger partial charge in [0.25, 0.3) is 5.91 Å². The van der Waals surface area contributed by atoms with Crippen LogP contribution in [0.25, 0.3) is 23.1 Å². The molecule has 6 nitrogen and oxygen atoms in total. The minimum absolute atomic E-state index is 0.0733. The molecule has 3 N–H and O–H groups in total. The molecule has 2 aromatic heterocycles. The number of fused-ring (bicyclic) bond motifs is 1. The number of pyridine rings is 1. The van der Waals surface area contributed by atoms with Crippen molar-refractivity contribution in [2.75, 3.05) is 5.32 Å². The molecule has 0 saturated carbocycles. The highest BCUT2D eigenvalue weighted by Gasteiger charge is 2.15. The molecule has 0 spiro atoms. The van der Waals surface area contributed by atoms with Gasteiger partial charge in [-0.05, 0) is 73.9 Å². The lowest BCUT2D eigenvalue weighted by molar-refractivity contribution is 0.0937. The second kappa shape index (κ2) is 10.1. The second-order valence-electron chi connectivity index (χ2n) is 8.63. The summed E-state index contributed by atoms with van der Waals surface area (Å²) in [6.45, 7) is 6.35. The summed E-state index contributed by atoms with van der Waals surface area (Å²) in [5.41, 5.74) is 4.90. The van der Waals surface area contributed by atoms with Crippen LogP contribution >= 0.6 is 0 Å². The monoisotopic (exact) mass is 439 g/mol. The van der Waals surface area contributed by atoms with Crippen LogP contribution < -0.4 is 10.6 Å². The SMILES string of the molecule is CC(C)CC(C)NC(=O)c1ccccc1Nc1ccc2c(/C=C/c3ccccn3)n[nH]c2c1. The van der Waals surface area contributed by atoms with Gasteiger partial charge < -0.3 is 10.6 Å². The number of hydrogen-bond acceptors (Lipinski definition) is 4. The molecular weight excluding hydrogens is 410 g/mol. The Balaban J connectivity index is 1.52. The van der Waals surface area contributed by atoms with Gasteiger partial charge in [0.1, 0.15) is 0 Å². The summed E-state index contributed by atoms with van der Waals surface area (Å²) in [5, 5.41) is 15.0. The van der Waals surface area contributed by atoms with Gasteiger partial charge >= 0.3 is 0 Å². The zero-order valence-electron chi connectivity index (χ0n) is 19.2. The number of amides is 1. The van der Waals surface area contributed by atoms with E-state index in [4.69, 9.17) is 0 Å². The molecule has 0 aliphatic heterocycles. The molecule has 168 valence electrons. The van der Waals surface area contributed by atoms with E-state index in [0.717, 1.165) is 40.1 Å². The quantitative estimate of drug-likeness (QED) is 0.313. The third-order valence-corrected chi connectivity index (χ3v) is 5.35. The zero-order chi connectivity index (χ0) is 23.2. The molecule has 0 fully saturated rings. The third kappa shape index (κ3) is 5.66. The number of para-hydroxylation sites is 1. The summed E-state index contributed by atoms with van der Waals surface area (Å²) in [7, 11) is 0. The van der Waals surface area contributed by atoms with E-state index in [9.17, 15) is 4.79 Å². The molecule has 4 rings (SSSR count). The van der Waals surface area contributed by atoms with Gasteiger partial charge in [-0.25, -0.2) is 0 Å². The smallest absolute Gasteiger partial charge is 0.253 e. The van der Waals surface area contributed by atoms with Crippen LogP contribution in [-0.4, -0.2) is 27.1 Å². The maximum atomic E-state index is 12.9. The standard InChI is InChI=1S/C27H29N5O/c1-18(2)16-19(3)29-27(33)23-9-4-5-10-24(23)30-21-11-13-22-25(31-32-26(22)17-21)14-12-20-8-6-7-15-28-20/h4-15,17-19,30H,16H2,1-3H3,(H,29,33)(H,31,32)/b14-12+. The lowest BCUT2D eigenvalue weighted by atomic mass is 10.0. The van der Waals surface area contributed by atoms with E-state index in [1.54, 1.807) is 6.20 Å². The van der Waals surface area contributed by atoms with E-state index < -0.39 is 0 Å². The average Bonchev–Trinajstić information content (AvgIpc) is 3.20. The summed E-state index contributed by atoms with van der Waals surface area (Å²) in [6.07, 6.45) is 6.60. The fourth-order valence-electron chi connectivity index (χ4n) is 3.90. The van der Waals surface area contributed by atoms with E-state index in [2.05, 4.69) is 39.7 Å². The number of H-pyrrole nitrogens is 1. The molecule has 1 amide bonds. The van der Waals surface area contributed by atoms with Crippen molar-refractivity contribution in [3.63, 3.8) is 0 Å². The van der Waals surface area contributed by atoms with Crippen molar-refractivity contribution in [1.29, 1.82) is 0 Å². The Morgan fingerprint density at radius 2 is 1.85 bits per heavy atom. The first-order valence-corrected chi connectivity index (χ1v) is 11.2. The highest BCUT2D eigenvalue weighted by atomic mass is 16.1. The average molecular weight is 440 g/mol. The van der Waals surface area contributed by atoms with E-state index in [-0.39, 0.29) is 11.9 Å². The third-order valence-electron chi connectivity index (χ3n) is 5.35. The summed E-state index contributed by atoms with van der Waals surface area (Å²) in [4.78, 5) is 17.2. The Bertz CT molecular complexity index is 1260. The largest absolute Gasteiger partial charge is 0.355 e. The molecule has 0 radical (unpaired) electrons. The maximum absolute atomic E-state index is 12.9. The lowest BCUT2D eigenvalue weighted by Crippen LogP contribution is -2.33. The number of hydrogen-bond donors (Lipinski definition) is 3. The van der Waals surface area contributed by atoms with Gasteiger partial charge in [-0.3, -0.25) is 14.9 Å². The summed E-state index contributed by atoms with van der Waals surface area (Å²) >= 11 is 0. The highest BCUT2D eigenvalue weighted by Crippen LogP contribution is 2.26. The predicted octanol–water partition coefficient (Wildman–Crippen LogP) is 6.04. The number of aromatic nitrogens is 3. The number of benzene rings is 2. The number of anilines is 2. The Hall–Kier alpha value is -3.93. The van der Waals surface area contributed by atoms with Crippen LogP contribution in [0.2, 0.25) is 0 Å². The number of nitrogens with one attached hydrogen (secondary N) is 3.